The lowest BCUT2D eigenvalue weighted by atomic mass is 10.1. The van der Waals surface area contributed by atoms with Crippen LogP contribution in [0.1, 0.15) is 26.3 Å². The summed E-state index contributed by atoms with van der Waals surface area (Å²) in [5.74, 6) is -1.63. The third-order valence-corrected chi connectivity index (χ3v) is 3.10. The molecule has 2 aromatic rings. The average Bonchev–Trinajstić information content (AvgIpc) is 2.58. The molecule has 0 saturated heterocycles. The largest absolute Gasteiger partial charge is 0.488 e. The Balaban J connectivity index is 2.33. The molecule has 6 heteroatoms. The van der Waals surface area contributed by atoms with Gasteiger partial charge in [0.15, 0.2) is 0 Å². The summed E-state index contributed by atoms with van der Waals surface area (Å²) in [5, 5.41) is 0. The topological polar surface area (TPSA) is 61.8 Å². The smallest absolute Gasteiger partial charge is 0.342 e. The quantitative estimate of drug-likeness (QED) is 0.793. The van der Waals surface area contributed by atoms with Crippen LogP contribution in [-0.2, 0) is 16.1 Å². The molecular weight excluding hydrogens is 303 g/mol. The highest BCUT2D eigenvalue weighted by Crippen LogP contribution is 2.25. The van der Waals surface area contributed by atoms with Gasteiger partial charge in [-0.15, -0.1) is 0 Å². The number of hydrogen-bond donors (Lipinski definition) is 0. The molecule has 0 unspecified atom stereocenters. The van der Waals surface area contributed by atoms with Gasteiger partial charge in [-0.3, -0.25) is 0 Å². The van der Waals surface area contributed by atoms with E-state index in [0.717, 1.165) is 0 Å². The number of carbonyl (C=O) groups excluding carboxylic acids is 2. The minimum Gasteiger partial charge on any atom is -0.488 e. The summed E-state index contributed by atoms with van der Waals surface area (Å²) in [6.45, 7) is 0.0341. The lowest BCUT2D eigenvalue weighted by Gasteiger charge is -2.13. The van der Waals surface area contributed by atoms with E-state index in [9.17, 15) is 14.0 Å². The van der Waals surface area contributed by atoms with Gasteiger partial charge in [0.1, 0.15) is 23.7 Å². The Morgan fingerprint density at radius 1 is 1.00 bits per heavy atom. The number of ether oxygens (including phenoxy) is 3. The van der Waals surface area contributed by atoms with E-state index < -0.39 is 11.9 Å². The Hall–Kier alpha value is -2.89. The van der Waals surface area contributed by atoms with Crippen molar-refractivity contribution >= 4 is 11.9 Å². The van der Waals surface area contributed by atoms with Crippen molar-refractivity contribution in [1.29, 1.82) is 0 Å². The normalized spacial score (nSPS) is 10.0. The van der Waals surface area contributed by atoms with Gasteiger partial charge in [0.05, 0.1) is 19.8 Å². The Morgan fingerprint density at radius 3 is 2.35 bits per heavy atom. The first kappa shape index (κ1) is 16.5. The molecule has 0 heterocycles. The second-order valence-electron chi connectivity index (χ2n) is 4.58. The third kappa shape index (κ3) is 3.85. The number of rotatable bonds is 5. The van der Waals surface area contributed by atoms with Crippen molar-refractivity contribution in [3.63, 3.8) is 0 Å². The predicted octanol–water partition coefficient (Wildman–Crippen LogP) is 2.98. The molecule has 0 saturated carbocycles. The van der Waals surface area contributed by atoms with Gasteiger partial charge < -0.3 is 14.2 Å². The van der Waals surface area contributed by atoms with E-state index in [4.69, 9.17) is 9.47 Å². The minimum atomic E-state index is -0.722. The summed E-state index contributed by atoms with van der Waals surface area (Å²) in [5.41, 5.74) is 0.596. The van der Waals surface area contributed by atoms with E-state index in [1.807, 2.05) is 0 Å². The first-order valence-corrected chi connectivity index (χ1v) is 6.73. The molecule has 0 aliphatic heterocycles. The van der Waals surface area contributed by atoms with Crippen LogP contribution in [0.25, 0.3) is 0 Å². The second kappa shape index (κ2) is 7.40. The summed E-state index contributed by atoms with van der Waals surface area (Å²) in [6, 6.07) is 10.4. The summed E-state index contributed by atoms with van der Waals surface area (Å²) >= 11 is 0. The molecule has 2 rings (SSSR count). The van der Waals surface area contributed by atoms with Crippen molar-refractivity contribution in [2.75, 3.05) is 14.2 Å². The van der Waals surface area contributed by atoms with Gasteiger partial charge >= 0.3 is 11.9 Å². The Labute approximate surface area is 132 Å². The van der Waals surface area contributed by atoms with Crippen molar-refractivity contribution in [3.8, 4) is 5.75 Å². The first-order valence-electron chi connectivity index (χ1n) is 6.73. The molecule has 0 aromatic heterocycles. The van der Waals surface area contributed by atoms with E-state index in [1.165, 1.54) is 38.5 Å². The minimum absolute atomic E-state index is 0.0294. The van der Waals surface area contributed by atoms with E-state index in [-0.39, 0.29) is 29.3 Å². The molecule has 0 fully saturated rings. The van der Waals surface area contributed by atoms with Crippen LogP contribution in [0, 0.1) is 5.82 Å². The van der Waals surface area contributed by atoms with Crippen LogP contribution in [0.4, 0.5) is 4.39 Å². The van der Waals surface area contributed by atoms with Gasteiger partial charge in [0.2, 0.25) is 0 Å². The Bertz CT molecular complexity index is 727. The maximum atomic E-state index is 13.2. The lowest BCUT2D eigenvalue weighted by Crippen LogP contribution is -2.14. The molecule has 0 aliphatic carbocycles. The molecule has 0 spiro atoms. The van der Waals surface area contributed by atoms with Gasteiger partial charge in [0.25, 0.3) is 0 Å². The van der Waals surface area contributed by atoms with Crippen LogP contribution in [-0.4, -0.2) is 26.2 Å². The number of carbonyl (C=O) groups is 2. The van der Waals surface area contributed by atoms with E-state index in [2.05, 4.69) is 4.74 Å². The van der Waals surface area contributed by atoms with Crippen LogP contribution in [0.2, 0.25) is 0 Å². The summed E-state index contributed by atoms with van der Waals surface area (Å²) in [4.78, 5) is 23.8. The van der Waals surface area contributed by atoms with Crippen LogP contribution in [0.15, 0.2) is 42.5 Å². The second-order valence-corrected chi connectivity index (χ2v) is 4.58. The zero-order valence-electron chi connectivity index (χ0n) is 12.7. The van der Waals surface area contributed by atoms with Crippen molar-refractivity contribution in [3.05, 3.63) is 65.0 Å². The van der Waals surface area contributed by atoms with Crippen LogP contribution in [0.5, 0.6) is 5.75 Å². The molecule has 0 aliphatic rings. The number of esters is 2. The van der Waals surface area contributed by atoms with Gasteiger partial charge in [-0.25, -0.2) is 14.0 Å². The molecule has 0 atom stereocenters. The van der Waals surface area contributed by atoms with Gasteiger partial charge in [-0.2, -0.15) is 0 Å². The summed E-state index contributed by atoms with van der Waals surface area (Å²) in [7, 11) is 2.41. The monoisotopic (exact) mass is 318 g/mol. The average molecular weight is 318 g/mol. The molecule has 0 radical (unpaired) electrons. The fraction of sp³-hybridized carbons (Fsp3) is 0.176. The molecule has 23 heavy (non-hydrogen) atoms. The highest BCUT2D eigenvalue weighted by Gasteiger charge is 2.23. The summed E-state index contributed by atoms with van der Waals surface area (Å²) in [6.07, 6.45) is 0. The molecule has 5 nitrogen and oxygen atoms in total. The van der Waals surface area contributed by atoms with E-state index in [0.29, 0.717) is 5.56 Å². The molecular formula is C17H15FO5. The van der Waals surface area contributed by atoms with Gasteiger partial charge in [-0.05, 0) is 29.8 Å². The number of methoxy groups -OCH3 is 2. The number of halogens is 1. The lowest BCUT2D eigenvalue weighted by molar-refractivity contribution is 0.0550. The Morgan fingerprint density at radius 2 is 1.70 bits per heavy atom. The Kier molecular flexibility index (Phi) is 5.30. The van der Waals surface area contributed by atoms with Crippen molar-refractivity contribution in [2.24, 2.45) is 0 Å². The van der Waals surface area contributed by atoms with Crippen LogP contribution < -0.4 is 4.74 Å². The highest BCUT2D eigenvalue weighted by molar-refractivity contribution is 6.05. The maximum Gasteiger partial charge on any atom is 0.342 e. The van der Waals surface area contributed by atoms with Crippen LogP contribution in [0.3, 0.4) is 0 Å². The van der Waals surface area contributed by atoms with Crippen LogP contribution >= 0.6 is 0 Å². The van der Waals surface area contributed by atoms with Gasteiger partial charge in [0, 0.05) is 0 Å². The molecule has 0 amide bonds. The van der Waals surface area contributed by atoms with E-state index in [1.54, 1.807) is 18.2 Å². The standard InChI is InChI=1S/C17H15FO5/c1-21-16(19)13-7-4-8-14(15(13)17(20)22-2)23-10-11-5-3-6-12(18)9-11/h3-9H,10H2,1-2H3. The molecule has 0 N–H and O–H groups in total. The third-order valence-electron chi connectivity index (χ3n) is 3.10. The highest BCUT2D eigenvalue weighted by atomic mass is 19.1. The van der Waals surface area contributed by atoms with Gasteiger partial charge in [-0.1, -0.05) is 18.2 Å². The molecule has 2 aromatic carbocycles. The van der Waals surface area contributed by atoms with Crippen molar-refractivity contribution in [2.45, 2.75) is 6.61 Å². The van der Waals surface area contributed by atoms with Crippen molar-refractivity contribution in [1.82, 2.24) is 0 Å². The zero-order chi connectivity index (χ0) is 16.8. The number of benzene rings is 2. The maximum absolute atomic E-state index is 13.2. The molecule has 120 valence electrons. The predicted molar refractivity (Wildman–Crippen MR) is 79.9 cm³/mol. The molecule has 0 bridgehead atoms. The first-order chi connectivity index (χ1) is 11.1. The van der Waals surface area contributed by atoms with Crippen molar-refractivity contribution < 1.29 is 28.2 Å². The van der Waals surface area contributed by atoms with E-state index >= 15 is 0 Å². The summed E-state index contributed by atoms with van der Waals surface area (Å²) < 4.78 is 28.1. The number of hydrogen-bond acceptors (Lipinski definition) is 5. The fourth-order valence-corrected chi connectivity index (χ4v) is 2.03. The fourth-order valence-electron chi connectivity index (χ4n) is 2.03. The zero-order valence-corrected chi connectivity index (χ0v) is 12.7. The SMILES string of the molecule is COC(=O)c1cccc(OCc2cccc(F)c2)c1C(=O)OC.